The molecule has 0 nitrogen and oxygen atoms in total. The van der Waals surface area contributed by atoms with Gasteiger partial charge in [-0.05, 0) is 17.5 Å². The van der Waals surface area contributed by atoms with Crippen LogP contribution < -0.4 is 0 Å². The summed E-state index contributed by atoms with van der Waals surface area (Å²) in [4.78, 5) is 0. The van der Waals surface area contributed by atoms with Gasteiger partial charge in [0.15, 0.2) is 0 Å². The molecule has 0 unspecified atom stereocenters. The first-order valence-corrected chi connectivity index (χ1v) is 4.53. The van der Waals surface area contributed by atoms with Gasteiger partial charge in [0.05, 0.1) is 0 Å². The van der Waals surface area contributed by atoms with Crippen LogP contribution in [0.2, 0.25) is 0 Å². The van der Waals surface area contributed by atoms with Crippen LogP contribution in [0.5, 0.6) is 0 Å². The second-order valence-corrected chi connectivity index (χ2v) is 3.15. The van der Waals surface area contributed by atoms with E-state index in [0.29, 0.717) is 0 Å². The third-order valence-electron chi connectivity index (χ3n) is 2.09. The van der Waals surface area contributed by atoms with Crippen LogP contribution in [-0.2, 0) is 22.9 Å². The van der Waals surface area contributed by atoms with Gasteiger partial charge in [0.25, 0.3) is 0 Å². The molecule has 74 valence electrons. The normalized spacial score (nSPS) is 9.14. The summed E-state index contributed by atoms with van der Waals surface area (Å²) in [6, 6.07) is 21.1. The Balaban J connectivity index is 0.000000980. The molecule has 0 aliphatic carbocycles. The molecule has 0 aromatic heterocycles. The van der Waals surface area contributed by atoms with Gasteiger partial charge >= 0.3 is 0 Å². The van der Waals surface area contributed by atoms with Crippen LogP contribution in [0.4, 0.5) is 0 Å². The fourth-order valence-electron chi connectivity index (χ4n) is 1.43. The van der Waals surface area contributed by atoms with Crippen LogP contribution >= 0.6 is 0 Å². The summed E-state index contributed by atoms with van der Waals surface area (Å²) < 4.78 is 0. The van der Waals surface area contributed by atoms with Gasteiger partial charge in [-0.1, -0.05) is 60.7 Å². The molecule has 0 aliphatic rings. The molecule has 0 fully saturated rings. The molecule has 1 heteroatoms. The average Bonchev–Trinajstić information content (AvgIpc) is 2.21. The van der Waals surface area contributed by atoms with Crippen LogP contribution in [0.15, 0.2) is 60.7 Å². The van der Waals surface area contributed by atoms with Crippen molar-refractivity contribution in [2.75, 3.05) is 0 Å². The van der Waals surface area contributed by atoms with Gasteiger partial charge in [0, 0.05) is 16.5 Å². The van der Waals surface area contributed by atoms with Gasteiger partial charge < -0.3 is 0 Å². The molecule has 0 N–H and O–H groups in total. The van der Waals surface area contributed by atoms with Gasteiger partial charge in [-0.3, -0.25) is 0 Å². The van der Waals surface area contributed by atoms with Gasteiger partial charge in [-0.2, -0.15) is 0 Å². The van der Waals surface area contributed by atoms with E-state index in [2.05, 4.69) is 60.7 Å². The molecule has 2 aromatic rings. The van der Waals surface area contributed by atoms with Crippen molar-refractivity contribution < 1.29 is 16.5 Å². The molecule has 0 aliphatic heterocycles. The summed E-state index contributed by atoms with van der Waals surface area (Å²) in [6.45, 7) is 0. The summed E-state index contributed by atoms with van der Waals surface area (Å²) in [5.74, 6) is 0. The molecular weight excluding hydrogens is 215 g/mol. The smallest absolute Gasteiger partial charge is 0 e. The second kappa shape index (κ2) is 5.62. The van der Waals surface area contributed by atoms with Crippen LogP contribution in [0.1, 0.15) is 11.1 Å². The maximum absolute atomic E-state index is 2.16. The van der Waals surface area contributed by atoms with Crippen molar-refractivity contribution in [3.8, 4) is 0 Å². The van der Waals surface area contributed by atoms with Crippen molar-refractivity contribution >= 4 is 0 Å². The average molecular weight is 227 g/mol. The van der Waals surface area contributed by atoms with E-state index in [1.165, 1.54) is 11.1 Å². The summed E-state index contributed by atoms with van der Waals surface area (Å²) >= 11 is 0. The Kier molecular flexibility index (Phi) is 4.42. The van der Waals surface area contributed by atoms with Crippen LogP contribution in [0, 0.1) is 0 Å². The molecule has 0 heterocycles. The minimum absolute atomic E-state index is 0. The maximum Gasteiger partial charge on any atom is 0 e. The Hall–Kier alpha value is -1.07. The Morgan fingerprint density at radius 1 is 0.571 bits per heavy atom. The summed E-state index contributed by atoms with van der Waals surface area (Å²) in [6.07, 6.45) is 1.03. The molecule has 2 rings (SSSR count). The standard InChI is InChI=1S/C13H12.Ni/c1-3-7-12(8-4-1)11-13-9-5-2-6-10-13;/h1-10H,11H2;. The molecule has 0 bridgehead atoms. The quantitative estimate of drug-likeness (QED) is 0.690. The van der Waals surface area contributed by atoms with E-state index < -0.39 is 0 Å². The van der Waals surface area contributed by atoms with Gasteiger partial charge in [0.2, 0.25) is 0 Å². The fourth-order valence-corrected chi connectivity index (χ4v) is 1.43. The summed E-state index contributed by atoms with van der Waals surface area (Å²) in [5, 5.41) is 0. The zero-order chi connectivity index (χ0) is 8.93. The van der Waals surface area contributed by atoms with E-state index in [4.69, 9.17) is 0 Å². The van der Waals surface area contributed by atoms with Crippen molar-refractivity contribution in [1.82, 2.24) is 0 Å². The van der Waals surface area contributed by atoms with Crippen LogP contribution in [-0.4, -0.2) is 0 Å². The predicted octanol–water partition coefficient (Wildman–Crippen LogP) is 3.27. The Bertz CT molecular complexity index is 316. The minimum atomic E-state index is 0. The SMILES string of the molecule is [Ni].c1ccc(Cc2ccccc2)cc1. The summed E-state index contributed by atoms with van der Waals surface area (Å²) in [5.41, 5.74) is 2.74. The largest absolute Gasteiger partial charge is 0.0622 e. The zero-order valence-electron chi connectivity index (χ0n) is 7.80. The van der Waals surface area contributed by atoms with E-state index >= 15 is 0 Å². The molecule has 0 saturated heterocycles. The number of rotatable bonds is 2. The zero-order valence-corrected chi connectivity index (χ0v) is 8.78. The topological polar surface area (TPSA) is 0 Å². The second-order valence-electron chi connectivity index (χ2n) is 3.15. The Morgan fingerprint density at radius 3 is 1.29 bits per heavy atom. The number of hydrogen-bond donors (Lipinski definition) is 0. The van der Waals surface area contributed by atoms with Crippen molar-refractivity contribution in [3.63, 3.8) is 0 Å². The molecule has 0 saturated carbocycles. The first-order valence-electron chi connectivity index (χ1n) is 4.53. The number of hydrogen-bond acceptors (Lipinski definition) is 0. The molecule has 0 spiro atoms. The van der Waals surface area contributed by atoms with E-state index in [1.807, 2.05) is 0 Å². The van der Waals surface area contributed by atoms with Gasteiger partial charge in [-0.15, -0.1) is 0 Å². The Morgan fingerprint density at radius 2 is 0.929 bits per heavy atom. The van der Waals surface area contributed by atoms with Crippen molar-refractivity contribution in [2.24, 2.45) is 0 Å². The molecular formula is C13H12Ni. The van der Waals surface area contributed by atoms with Crippen LogP contribution in [0.3, 0.4) is 0 Å². The molecule has 0 amide bonds. The molecule has 2 aromatic carbocycles. The fraction of sp³-hybridized carbons (Fsp3) is 0.0769. The van der Waals surface area contributed by atoms with E-state index in [1.54, 1.807) is 0 Å². The van der Waals surface area contributed by atoms with Gasteiger partial charge in [-0.25, -0.2) is 0 Å². The molecule has 0 radical (unpaired) electrons. The van der Waals surface area contributed by atoms with Crippen molar-refractivity contribution in [1.29, 1.82) is 0 Å². The Labute approximate surface area is 94.9 Å². The maximum atomic E-state index is 2.16. The minimum Gasteiger partial charge on any atom is -0.0622 e. The number of benzene rings is 2. The van der Waals surface area contributed by atoms with Gasteiger partial charge in [0.1, 0.15) is 0 Å². The summed E-state index contributed by atoms with van der Waals surface area (Å²) in [7, 11) is 0. The third kappa shape index (κ3) is 3.01. The molecule has 14 heavy (non-hydrogen) atoms. The monoisotopic (exact) mass is 226 g/mol. The van der Waals surface area contributed by atoms with E-state index in [9.17, 15) is 0 Å². The van der Waals surface area contributed by atoms with E-state index in [-0.39, 0.29) is 16.5 Å². The first-order chi connectivity index (χ1) is 6.45. The third-order valence-corrected chi connectivity index (χ3v) is 2.09. The molecule has 0 atom stereocenters. The van der Waals surface area contributed by atoms with Crippen molar-refractivity contribution in [2.45, 2.75) is 6.42 Å². The van der Waals surface area contributed by atoms with E-state index in [0.717, 1.165) is 6.42 Å². The van der Waals surface area contributed by atoms with Crippen LogP contribution in [0.25, 0.3) is 0 Å². The van der Waals surface area contributed by atoms with Crippen molar-refractivity contribution in [3.05, 3.63) is 71.8 Å². The first kappa shape index (κ1) is 11.0. The predicted molar refractivity (Wildman–Crippen MR) is 55.7 cm³/mol.